The van der Waals surface area contributed by atoms with Crippen LogP contribution in [0.25, 0.3) is 0 Å². The number of nitrogens with one attached hydrogen (secondary N) is 1. The van der Waals surface area contributed by atoms with Crippen molar-refractivity contribution < 1.29 is 22.4 Å². The van der Waals surface area contributed by atoms with Crippen molar-refractivity contribution in [3.8, 4) is 0 Å². The molecular formula is C27H27F4N5O. The molecule has 2 fully saturated rings. The predicted molar refractivity (Wildman–Crippen MR) is 130 cm³/mol. The maximum Gasteiger partial charge on any atom is 0.271 e. The number of rotatable bonds is 7. The molecule has 4 heterocycles. The molecule has 6 nitrogen and oxygen atoms in total. The number of nitrogens with zero attached hydrogens (tertiary/aromatic N) is 4. The summed E-state index contributed by atoms with van der Waals surface area (Å²) in [5.74, 6) is -2.22. The van der Waals surface area contributed by atoms with Gasteiger partial charge in [-0.05, 0) is 48.4 Å². The highest BCUT2D eigenvalue weighted by Gasteiger charge is 2.52. The molecule has 0 unspecified atom stereocenters. The molecule has 0 saturated carbocycles. The normalized spacial score (nSPS) is 18.3. The summed E-state index contributed by atoms with van der Waals surface area (Å²) in [6.45, 7) is 7.38. The molecule has 1 amide bonds. The van der Waals surface area contributed by atoms with E-state index in [0.29, 0.717) is 12.6 Å². The van der Waals surface area contributed by atoms with E-state index in [9.17, 15) is 22.4 Å². The number of carbonyl (C=O) groups is 1. The zero-order valence-corrected chi connectivity index (χ0v) is 20.5. The van der Waals surface area contributed by atoms with Gasteiger partial charge in [0.2, 0.25) is 5.91 Å². The lowest BCUT2D eigenvalue weighted by Gasteiger charge is -2.60. The maximum atomic E-state index is 14.5. The second kappa shape index (κ2) is 9.41. The Morgan fingerprint density at radius 1 is 1.08 bits per heavy atom. The summed E-state index contributed by atoms with van der Waals surface area (Å²) in [7, 11) is 0. The largest absolute Gasteiger partial charge is 0.355 e. The third kappa shape index (κ3) is 4.66. The number of halogens is 4. The molecule has 10 heteroatoms. The molecule has 0 radical (unpaired) electrons. The van der Waals surface area contributed by atoms with Crippen LogP contribution < -0.4 is 10.2 Å². The smallest absolute Gasteiger partial charge is 0.271 e. The van der Waals surface area contributed by atoms with Crippen molar-refractivity contribution in [1.29, 1.82) is 0 Å². The standard InChI is InChI=1S/C27H27F4N5O/c1-17-4-3-5-24(33-17)36-15-26(16-36)13-35(14-26)12-19-6-9-23(32-11-19)27(25(30)31,34-18(2)37)20-7-8-21(28)22(29)10-20/h3-11,25H,12-16H2,1-2H3,(H,34,37)/t27-/m1/s1. The van der Waals surface area contributed by atoms with Gasteiger partial charge in [-0.3, -0.25) is 14.7 Å². The Bertz CT molecular complexity index is 1300. The first kappa shape index (κ1) is 25.1. The highest BCUT2D eigenvalue weighted by molar-refractivity contribution is 5.75. The van der Waals surface area contributed by atoms with Crippen LogP contribution >= 0.6 is 0 Å². The van der Waals surface area contributed by atoms with Gasteiger partial charge in [0.15, 0.2) is 17.2 Å². The van der Waals surface area contributed by atoms with Crippen molar-refractivity contribution in [1.82, 2.24) is 20.2 Å². The number of pyridine rings is 2. The molecule has 2 saturated heterocycles. The molecule has 37 heavy (non-hydrogen) atoms. The van der Waals surface area contributed by atoms with Crippen molar-refractivity contribution in [2.75, 3.05) is 31.1 Å². The van der Waals surface area contributed by atoms with E-state index in [2.05, 4.69) is 25.1 Å². The molecule has 2 aromatic heterocycles. The van der Waals surface area contributed by atoms with Crippen LogP contribution in [0.3, 0.4) is 0 Å². The highest BCUT2D eigenvalue weighted by Crippen LogP contribution is 2.42. The average Bonchev–Trinajstić information content (AvgIpc) is 2.80. The van der Waals surface area contributed by atoms with E-state index in [1.807, 2.05) is 25.1 Å². The second-order valence-electron chi connectivity index (χ2n) is 10.1. The van der Waals surface area contributed by atoms with Crippen LogP contribution in [-0.2, 0) is 16.9 Å². The van der Waals surface area contributed by atoms with Gasteiger partial charge < -0.3 is 10.2 Å². The quantitative estimate of drug-likeness (QED) is 0.484. The number of carbonyl (C=O) groups excluding carboxylic acids is 1. The summed E-state index contributed by atoms with van der Waals surface area (Å²) in [5, 5.41) is 2.24. The number of hydrogen-bond acceptors (Lipinski definition) is 5. The fourth-order valence-corrected chi connectivity index (χ4v) is 5.45. The van der Waals surface area contributed by atoms with Crippen molar-refractivity contribution in [3.05, 3.63) is 88.9 Å². The number of hydrogen-bond donors (Lipinski definition) is 1. The van der Waals surface area contributed by atoms with Gasteiger partial charge in [-0.15, -0.1) is 0 Å². The Balaban J connectivity index is 1.28. The van der Waals surface area contributed by atoms with E-state index in [1.54, 1.807) is 6.07 Å². The lowest BCUT2D eigenvalue weighted by Crippen LogP contribution is -2.72. The molecule has 2 aliphatic rings. The number of likely N-dealkylation sites (tertiary alicyclic amines) is 1. The van der Waals surface area contributed by atoms with Crippen LogP contribution in [0.15, 0.2) is 54.7 Å². The molecule has 194 valence electrons. The average molecular weight is 514 g/mol. The van der Waals surface area contributed by atoms with E-state index < -0.39 is 29.5 Å². The minimum Gasteiger partial charge on any atom is -0.355 e. The first-order chi connectivity index (χ1) is 17.6. The zero-order chi connectivity index (χ0) is 26.4. The summed E-state index contributed by atoms with van der Waals surface area (Å²) in [5.41, 5.74) is -0.817. The van der Waals surface area contributed by atoms with Gasteiger partial charge in [-0.1, -0.05) is 18.2 Å². The Labute approximate surface area is 212 Å². The van der Waals surface area contributed by atoms with Gasteiger partial charge in [0.25, 0.3) is 6.43 Å². The molecule has 0 aliphatic carbocycles. The van der Waals surface area contributed by atoms with Crippen LogP contribution in [0.2, 0.25) is 0 Å². The van der Waals surface area contributed by atoms with E-state index in [0.717, 1.165) is 62.3 Å². The summed E-state index contributed by atoms with van der Waals surface area (Å²) in [4.78, 5) is 25.2. The maximum absolute atomic E-state index is 14.5. The topological polar surface area (TPSA) is 61.4 Å². The van der Waals surface area contributed by atoms with Crippen molar-refractivity contribution >= 4 is 11.7 Å². The summed E-state index contributed by atoms with van der Waals surface area (Å²) < 4.78 is 56.5. The zero-order valence-electron chi connectivity index (χ0n) is 20.5. The van der Waals surface area contributed by atoms with Crippen molar-refractivity contribution in [2.45, 2.75) is 32.4 Å². The molecule has 1 N–H and O–H groups in total. The monoisotopic (exact) mass is 513 g/mol. The molecule has 5 rings (SSSR count). The molecule has 2 aliphatic heterocycles. The Kier molecular flexibility index (Phi) is 6.39. The van der Waals surface area contributed by atoms with Crippen LogP contribution in [-0.4, -0.2) is 53.4 Å². The highest BCUT2D eigenvalue weighted by atomic mass is 19.3. The molecular weight excluding hydrogens is 486 g/mol. The number of alkyl halides is 2. The summed E-state index contributed by atoms with van der Waals surface area (Å²) >= 11 is 0. The second-order valence-corrected chi connectivity index (χ2v) is 10.1. The molecule has 1 spiro atoms. The lowest BCUT2D eigenvalue weighted by atomic mass is 9.72. The Hall–Kier alpha value is -3.53. The summed E-state index contributed by atoms with van der Waals surface area (Å²) in [6, 6.07) is 11.5. The van der Waals surface area contributed by atoms with Crippen LogP contribution in [0, 0.1) is 24.0 Å². The SMILES string of the molecule is CC(=O)N[C@](c1ccc(F)c(F)c1)(c1ccc(CN2CC3(C2)CN(c2cccc(C)n2)C3)cn1)C(F)F. The predicted octanol–water partition coefficient (Wildman–Crippen LogP) is 4.03. The molecule has 1 atom stereocenters. The van der Waals surface area contributed by atoms with Crippen LogP contribution in [0.1, 0.15) is 29.4 Å². The third-order valence-corrected chi connectivity index (χ3v) is 7.08. The number of aromatic nitrogens is 2. The lowest BCUT2D eigenvalue weighted by molar-refractivity contribution is -0.122. The van der Waals surface area contributed by atoms with Gasteiger partial charge in [-0.2, -0.15) is 0 Å². The number of amides is 1. The van der Waals surface area contributed by atoms with Crippen LogP contribution in [0.5, 0.6) is 0 Å². The van der Waals surface area contributed by atoms with Gasteiger partial charge >= 0.3 is 0 Å². The van der Waals surface area contributed by atoms with Gasteiger partial charge in [0, 0.05) is 57.0 Å². The first-order valence-corrected chi connectivity index (χ1v) is 12.0. The van der Waals surface area contributed by atoms with Crippen molar-refractivity contribution in [3.63, 3.8) is 0 Å². The number of aryl methyl sites for hydroxylation is 1. The van der Waals surface area contributed by atoms with E-state index in [1.165, 1.54) is 12.3 Å². The molecule has 1 aromatic carbocycles. The van der Waals surface area contributed by atoms with E-state index in [-0.39, 0.29) is 16.7 Å². The fourth-order valence-electron chi connectivity index (χ4n) is 5.45. The fraction of sp³-hybridized carbons (Fsp3) is 0.370. The first-order valence-electron chi connectivity index (χ1n) is 12.0. The van der Waals surface area contributed by atoms with E-state index >= 15 is 0 Å². The minimum absolute atomic E-state index is 0.159. The third-order valence-electron chi connectivity index (χ3n) is 7.08. The minimum atomic E-state index is -3.17. The van der Waals surface area contributed by atoms with Crippen molar-refractivity contribution in [2.24, 2.45) is 5.41 Å². The van der Waals surface area contributed by atoms with Gasteiger partial charge in [-0.25, -0.2) is 22.5 Å². The summed E-state index contributed by atoms with van der Waals surface area (Å²) in [6.07, 6.45) is -1.68. The Morgan fingerprint density at radius 3 is 2.43 bits per heavy atom. The molecule has 0 bridgehead atoms. The Morgan fingerprint density at radius 2 is 1.84 bits per heavy atom. The number of benzene rings is 1. The van der Waals surface area contributed by atoms with Crippen LogP contribution in [0.4, 0.5) is 23.4 Å². The van der Waals surface area contributed by atoms with Gasteiger partial charge in [0.05, 0.1) is 5.69 Å². The molecule has 3 aromatic rings. The number of anilines is 1. The van der Waals surface area contributed by atoms with Gasteiger partial charge in [0.1, 0.15) is 5.82 Å². The van der Waals surface area contributed by atoms with E-state index in [4.69, 9.17) is 0 Å².